The third-order valence-electron chi connectivity index (χ3n) is 4.34. The van der Waals surface area contributed by atoms with Gasteiger partial charge in [0.05, 0.1) is 23.9 Å². The zero-order valence-electron chi connectivity index (χ0n) is 16.2. The quantitative estimate of drug-likeness (QED) is 0.253. The number of ether oxygens (including phenoxy) is 1. The maximum absolute atomic E-state index is 12.5. The van der Waals surface area contributed by atoms with Crippen LogP contribution in [0.15, 0.2) is 58.8 Å². The molecule has 0 N–H and O–H groups in total. The lowest BCUT2D eigenvalue weighted by Crippen LogP contribution is -2.16. The van der Waals surface area contributed by atoms with Crippen LogP contribution < -0.4 is 0 Å². The molecule has 1 unspecified atom stereocenters. The number of hydrogen-bond acceptors (Lipinski definition) is 10. The fraction of sp³-hybridized carbons (Fsp3) is 0.143. The smallest absolute Gasteiger partial charge is 0.352 e. The van der Waals surface area contributed by atoms with Gasteiger partial charge in [0, 0.05) is 10.9 Å². The molecule has 4 rings (SSSR count). The minimum atomic E-state index is -1.26. The Morgan fingerprint density at radius 1 is 1.16 bits per heavy atom. The van der Waals surface area contributed by atoms with E-state index in [0.29, 0.717) is 33.2 Å². The van der Waals surface area contributed by atoms with Crippen LogP contribution in [0.5, 0.6) is 0 Å². The van der Waals surface area contributed by atoms with Crippen molar-refractivity contribution >= 4 is 50.9 Å². The number of azo groups is 1. The number of rotatable bonds is 6. The molecule has 2 heterocycles. The molecule has 0 aliphatic heterocycles. The van der Waals surface area contributed by atoms with Crippen LogP contribution in [-0.4, -0.2) is 39.0 Å². The molecule has 0 saturated heterocycles. The normalized spacial score (nSPS) is 12.1. The SMILES string of the molecule is CCOC(=O)c1snc2c1nnc1ccc(N=NC(C#N)C(=O)c3ccccc3)cc12. The molecule has 10 heteroatoms. The highest BCUT2D eigenvalue weighted by Gasteiger charge is 2.20. The summed E-state index contributed by atoms with van der Waals surface area (Å²) in [7, 11) is 0. The average Bonchev–Trinajstić information content (AvgIpc) is 3.25. The minimum Gasteiger partial charge on any atom is -0.462 e. The van der Waals surface area contributed by atoms with Gasteiger partial charge >= 0.3 is 5.97 Å². The van der Waals surface area contributed by atoms with Gasteiger partial charge in [0.15, 0.2) is 4.88 Å². The van der Waals surface area contributed by atoms with E-state index in [1.807, 2.05) is 6.07 Å². The molecule has 4 aromatic rings. The first kappa shape index (κ1) is 20.2. The van der Waals surface area contributed by atoms with Crippen molar-refractivity contribution in [2.45, 2.75) is 13.0 Å². The number of Topliss-reactive ketones (excluding diaryl/α,β-unsaturated/α-hetero) is 1. The highest BCUT2D eigenvalue weighted by molar-refractivity contribution is 7.09. The molecule has 31 heavy (non-hydrogen) atoms. The fourth-order valence-electron chi connectivity index (χ4n) is 2.87. The molecule has 152 valence electrons. The van der Waals surface area contributed by atoms with Gasteiger partial charge in [-0.2, -0.15) is 19.9 Å². The second-order valence-electron chi connectivity index (χ2n) is 6.31. The van der Waals surface area contributed by atoms with Gasteiger partial charge in [-0.25, -0.2) is 4.79 Å². The fourth-order valence-corrected chi connectivity index (χ4v) is 3.60. The van der Waals surface area contributed by atoms with Crippen LogP contribution in [0.2, 0.25) is 0 Å². The number of nitrogens with zero attached hydrogens (tertiary/aromatic N) is 6. The number of carbonyl (C=O) groups excluding carboxylic acids is 2. The number of fused-ring (bicyclic) bond motifs is 3. The summed E-state index contributed by atoms with van der Waals surface area (Å²) < 4.78 is 9.36. The van der Waals surface area contributed by atoms with E-state index < -0.39 is 17.8 Å². The van der Waals surface area contributed by atoms with Crippen LogP contribution >= 0.6 is 11.5 Å². The Morgan fingerprint density at radius 2 is 1.97 bits per heavy atom. The second-order valence-corrected chi connectivity index (χ2v) is 7.08. The Labute approximate surface area is 180 Å². The van der Waals surface area contributed by atoms with Crippen molar-refractivity contribution in [3.05, 3.63) is 59.0 Å². The van der Waals surface area contributed by atoms with Crippen LogP contribution in [0, 0.1) is 11.3 Å². The van der Waals surface area contributed by atoms with Crippen molar-refractivity contribution in [3.63, 3.8) is 0 Å². The largest absolute Gasteiger partial charge is 0.462 e. The van der Waals surface area contributed by atoms with Crippen molar-refractivity contribution in [2.75, 3.05) is 6.61 Å². The lowest BCUT2D eigenvalue weighted by Gasteiger charge is -2.03. The topological polar surface area (TPSA) is 131 Å². The number of benzene rings is 2. The summed E-state index contributed by atoms with van der Waals surface area (Å²) in [4.78, 5) is 24.8. The molecule has 0 radical (unpaired) electrons. The van der Waals surface area contributed by atoms with Crippen molar-refractivity contribution in [1.82, 2.24) is 14.6 Å². The average molecular weight is 430 g/mol. The Balaban J connectivity index is 1.68. The van der Waals surface area contributed by atoms with E-state index in [4.69, 9.17) is 4.74 Å². The van der Waals surface area contributed by atoms with E-state index in [1.165, 1.54) is 0 Å². The van der Waals surface area contributed by atoms with Gasteiger partial charge in [-0.1, -0.05) is 30.3 Å². The molecule has 2 aromatic heterocycles. The van der Waals surface area contributed by atoms with Gasteiger partial charge in [0.1, 0.15) is 11.0 Å². The number of nitriles is 1. The summed E-state index contributed by atoms with van der Waals surface area (Å²) in [6.45, 7) is 1.96. The van der Waals surface area contributed by atoms with E-state index in [9.17, 15) is 14.9 Å². The Kier molecular flexibility index (Phi) is 5.68. The van der Waals surface area contributed by atoms with Crippen LogP contribution in [0.1, 0.15) is 27.0 Å². The third-order valence-corrected chi connectivity index (χ3v) is 5.16. The molecule has 0 amide bonds. The number of carbonyl (C=O) groups is 2. The monoisotopic (exact) mass is 430 g/mol. The van der Waals surface area contributed by atoms with Crippen molar-refractivity contribution in [1.29, 1.82) is 5.26 Å². The Hall–Kier alpha value is -4.10. The van der Waals surface area contributed by atoms with E-state index in [2.05, 4.69) is 24.8 Å². The van der Waals surface area contributed by atoms with Crippen molar-refractivity contribution < 1.29 is 14.3 Å². The number of ketones is 1. The lowest BCUT2D eigenvalue weighted by atomic mass is 10.1. The van der Waals surface area contributed by atoms with Crippen LogP contribution in [0.25, 0.3) is 21.9 Å². The lowest BCUT2D eigenvalue weighted by molar-refractivity contribution is 0.0533. The molecule has 2 aromatic carbocycles. The maximum atomic E-state index is 12.5. The van der Waals surface area contributed by atoms with E-state index in [-0.39, 0.29) is 11.5 Å². The molecule has 0 saturated carbocycles. The summed E-state index contributed by atoms with van der Waals surface area (Å²) in [5, 5.41) is 26.2. The predicted molar refractivity (Wildman–Crippen MR) is 113 cm³/mol. The van der Waals surface area contributed by atoms with Crippen molar-refractivity contribution in [2.24, 2.45) is 10.2 Å². The molecule has 0 fully saturated rings. The minimum absolute atomic E-state index is 0.242. The van der Waals surface area contributed by atoms with E-state index >= 15 is 0 Å². The van der Waals surface area contributed by atoms with Gasteiger partial charge in [-0.3, -0.25) is 4.79 Å². The third kappa shape index (κ3) is 3.99. The molecule has 0 aliphatic rings. The van der Waals surface area contributed by atoms with E-state index in [1.54, 1.807) is 55.5 Å². The molecule has 9 nitrogen and oxygen atoms in total. The molecular formula is C21H14N6O3S. The molecular weight excluding hydrogens is 416 g/mol. The molecule has 1 atom stereocenters. The zero-order valence-corrected chi connectivity index (χ0v) is 17.0. The van der Waals surface area contributed by atoms with Gasteiger partial charge in [0.2, 0.25) is 11.8 Å². The van der Waals surface area contributed by atoms with E-state index in [0.717, 1.165) is 11.5 Å². The highest BCUT2D eigenvalue weighted by atomic mass is 32.1. The van der Waals surface area contributed by atoms with Crippen LogP contribution in [0.3, 0.4) is 0 Å². The first-order valence-electron chi connectivity index (χ1n) is 9.25. The molecule has 0 aliphatic carbocycles. The van der Waals surface area contributed by atoms with Crippen LogP contribution in [0.4, 0.5) is 5.69 Å². The molecule has 0 bridgehead atoms. The maximum Gasteiger partial charge on any atom is 0.352 e. The van der Waals surface area contributed by atoms with Gasteiger partial charge < -0.3 is 4.74 Å². The Bertz CT molecular complexity index is 1360. The number of aromatic nitrogens is 3. The van der Waals surface area contributed by atoms with Crippen molar-refractivity contribution in [3.8, 4) is 6.07 Å². The highest BCUT2D eigenvalue weighted by Crippen LogP contribution is 2.29. The predicted octanol–water partition coefficient (Wildman–Crippen LogP) is 4.27. The van der Waals surface area contributed by atoms with Gasteiger partial charge in [0.25, 0.3) is 0 Å². The molecule has 0 spiro atoms. The van der Waals surface area contributed by atoms with Gasteiger partial charge in [-0.05, 0) is 36.7 Å². The number of esters is 1. The summed E-state index contributed by atoms with van der Waals surface area (Å²) in [6, 6.07) is 14.1. The summed E-state index contributed by atoms with van der Waals surface area (Å²) >= 11 is 0.986. The zero-order chi connectivity index (χ0) is 21.8. The first-order valence-corrected chi connectivity index (χ1v) is 10.0. The second kappa shape index (κ2) is 8.73. The standard InChI is InChI=1S/C21H14N6O3S/c1-2-30-21(29)20-18-17(27-31-20)14-10-13(8-9-15(14)24-26-18)23-25-16(11-22)19(28)12-6-4-3-5-7-12/h3-10,16H,2H2,1H3. The van der Waals surface area contributed by atoms with Crippen LogP contribution in [-0.2, 0) is 4.74 Å². The first-order chi connectivity index (χ1) is 15.1. The summed E-state index contributed by atoms with van der Waals surface area (Å²) in [5.74, 6) is -0.935. The Morgan fingerprint density at radius 3 is 2.71 bits per heavy atom. The van der Waals surface area contributed by atoms with Gasteiger partial charge in [-0.15, -0.1) is 10.2 Å². The summed E-state index contributed by atoms with van der Waals surface area (Å²) in [6.07, 6.45) is 0. The summed E-state index contributed by atoms with van der Waals surface area (Å²) in [5.41, 5.74) is 2.20. The number of hydrogen-bond donors (Lipinski definition) is 0.